The third-order valence-corrected chi connectivity index (χ3v) is 7.79. The number of amides is 3. The van der Waals surface area contributed by atoms with E-state index in [4.69, 9.17) is 10.8 Å². The zero-order valence-corrected chi connectivity index (χ0v) is 25.7. The van der Waals surface area contributed by atoms with Gasteiger partial charge in [0.05, 0.1) is 6.04 Å². The van der Waals surface area contributed by atoms with E-state index >= 15 is 0 Å². The summed E-state index contributed by atoms with van der Waals surface area (Å²) in [5, 5.41) is 28.1. The zero-order valence-electron chi connectivity index (χ0n) is 25.7. The Bertz CT molecular complexity index is 1710. The van der Waals surface area contributed by atoms with Gasteiger partial charge in [-0.25, -0.2) is 4.79 Å². The van der Waals surface area contributed by atoms with E-state index in [-0.39, 0.29) is 31.6 Å². The molecule has 2 aromatic heterocycles. The highest BCUT2D eigenvalue weighted by Gasteiger charge is 2.31. The minimum Gasteiger partial charge on any atom is -0.481 e. The van der Waals surface area contributed by atoms with Gasteiger partial charge in [0.1, 0.15) is 18.1 Å². The van der Waals surface area contributed by atoms with Crippen LogP contribution in [-0.2, 0) is 36.8 Å². The molecule has 4 rings (SSSR count). The minimum absolute atomic E-state index is 0.0772. The number of fused-ring (bicyclic) bond motifs is 2. The van der Waals surface area contributed by atoms with Crippen LogP contribution in [0.3, 0.4) is 0 Å². The normalized spacial score (nSPS) is 14.0. The van der Waals surface area contributed by atoms with Crippen molar-refractivity contribution in [1.82, 2.24) is 25.9 Å². The summed E-state index contributed by atoms with van der Waals surface area (Å²) in [6.07, 6.45) is 3.21. The van der Waals surface area contributed by atoms with Crippen molar-refractivity contribution in [3.63, 3.8) is 0 Å². The summed E-state index contributed by atoms with van der Waals surface area (Å²) in [6.45, 7) is 3.67. The molecule has 0 radical (unpaired) electrons. The molecular weight excluding hydrogens is 592 g/mol. The van der Waals surface area contributed by atoms with Crippen molar-refractivity contribution in [2.45, 2.75) is 70.1 Å². The van der Waals surface area contributed by atoms with Gasteiger partial charge in [-0.15, -0.1) is 0 Å². The van der Waals surface area contributed by atoms with Crippen LogP contribution in [0.25, 0.3) is 21.8 Å². The standard InChI is InChI=1S/C33H40N6O7/c1-18(2)13-27(31(43)37-26(33(45)46)11-12-29(40)41)39-32(44)28(15-20-17-36-25-10-6-4-8-22(20)25)38-30(42)23(34)14-19-16-35-24-9-5-3-7-21(19)24/h3-10,16-18,23,26-28,35-36H,11-15,34H2,1-2H3,(H,37,43)(H,38,42)(H,39,44)(H,40,41)(H,45,46). The Kier molecular flexibility index (Phi) is 11.2. The van der Waals surface area contributed by atoms with E-state index in [1.807, 2.05) is 62.4 Å². The number of rotatable bonds is 16. The second-order valence-electron chi connectivity index (χ2n) is 11.8. The van der Waals surface area contributed by atoms with E-state index in [0.29, 0.717) is 0 Å². The van der Waals surface area contributed by atoms with Crippen LogP contribution >= 0.6 is 0 Å². The van der Waals surface area contributed by atoms with Gasteiger partial charge in [-0.05, 0) is 48.4 Å². The number of carboxylic acid groups (broad SMARTS) is 2. The first-order chi connectivity index (χ1) is 21.9. The molecule has 46 heavy (non-hydrogen) atoms. The average molecular weight is 633 g/mol. The largest absolute Gasteiger partial charge is 0.481 e. The lowest BCUT2D eigenvalue weighted by Gasteiger charge is -2.26. The summed E-state index contributed by atoms with van der Waals surface area (Å²) >= 11 is 0. The zero-order chi connectivity index (χ0) is 33.4. The minimum atomic E-state index is -1.46. The molecule has 0 aliphatic rings. The molecule has 0 spiro atoms. The molecule has 0 aliphatic carbocycles. The van der Waals surface area contributed by atoms with Crippen LogP contribution in [0.15, 0.2) is 60.9 Å². The van der Waals surface area contributed by atoms with Crippen LogP contribution in [0.2, 0.25) is 0 Å². The lowest BCUT2D eigenvalue weighted by atomic mass is 9.99. The fourth-order valence-electron chi connectivity index (χ4n) is 5.41. The molecule has 244 valence electrons. The summed E-state index contributed by atoms with van der Waals surface area (Å²) in [7, 11) is 0. The molecule has 4 aromatic rings. The van der Waals surface area contributed by atoms with Crippen molar-refractivity contribution >= 4 is 51.5 Å². The number of carbonyl (C=O) groups is 5. The maximum atomic E-state index is 13.8. The maximum absolute atomic E-state index is 13.8. The number of hydrogen-bond donors (Lipinski definition) is 8. The molecule has 0 saturated carbocycles. The van der Waals surface area contributed by atoms with Gasteiger partial charge in [0.15, 0.2) is 0 Å². The van der Waals surface area contributed by atoms with Crippen LogP contribution in [0.5, 0.6) is 0 Å². The fourth-order valence-corrected chi connectivity index (χ4v) is 5.41. The molecular formula is C33H40N6O7. The van der Waals surface area contributed by atoms with Gasteiger partial charge in [-0.2, -0.15) is 0 Å². The van der Waals surface area contributed by atoms with Crippen molar-refractivity contribution in [2.24, 2.45) is 11.7 Å². The Morgan fingerprint density at radius 2 is 1.22 bits per heavy atom. The molecule has 0 saturated heterocycles. The van der Waals surface area contributed by atoms with Gasteiger partial charge in [0.25, 0.3) is 0 Å². The number of para-hydroxylation sites is 2. The molecule has 0 aliphatic heterocycles. The lowest BCUT2D eigenvalue weighted by molar-refractivity contribution is -0.143. The first kappa shape index (κ1) is 33.7. The maximum Gasteiger partial charge on any atom is 0.326 e. The quantitative estimate of drug-likeness (QED) is 0.0913. The van der Waals surface area contributed by atoms with Crippen LogP contribution in [-0.4, -0.2) is 74.0 Å². The number of carbonyl (C=O) groups excluding carboxylic acids is 3. The van der Waals surface area contributed by atoms with E-state index < -0.39 is 60.2 Å². The van der Waals surface area contributed by atoms with Crippen molar-refractivity contribution in [2.75, 3.05) is 0 Å². The second kappa shape index (κ2) is 15.2. The Hall–Kier alpha value is -5.17. The van der Waals surface area contributed by atoms with E-state index in [2.05, 4.69) is 25.9 Å². The highest BCUT2D eigenvalue weighted by Crippen LogP contribution is 2.21. The third kappa shape index (κ3) is 8.72. The topological polar surface area (TPSA) is 219 Å². The monoisotopic (exact) mass is 632 g/mol. The van der Waals surface area contributed by atoms with Gasteiger partial charge in [-0.3, -0.25) is 19.2 Å². The highest BCUT2D eigenvalue weighted by atomic mass is 16.4. The van der Waals surface area contributed by atoms with Crippen LogP contribution in [0.4, 0.5) is 0 Å². The van der Waals surface area contributed by atoms with E-state index in [1.165, 1.54) is 0 Å². The van der Waals surface area contributed by atoms with Crippen molar-refractivity contribution < 1.29 is 34.2 Å². The Morgan fingerprint density at radius 3 is 1.76 bits per heavy atom. The SMILES string of the molecule is CC(C)CC(NC(=O)C(Cc1c[nH]c2ccccc12)NC(=O)C(N)Cc1c[nH]c2ccccc12)C(=O)NC(CCC(=O)O)C(=O)O. The average Bonchev–Trinajstić information content (AvgIpc) is 3.61. The number of carboxylic acids is 2. The summed E-state index contributed by atoms with van der Waals surface area (Å²) < 4.78 is 0. The molecule has 2 aromatic carbocycles. The van der Waals surface area contributed by atoms with Gasteiger partial charge < -0.3 is 41.9 Å². The Labute approximate surface area is 265 Å². The smallest absolute Gasteiger partial charge is 0.326 e. The van der Waals surface area contributed by atoms with Gasteiger partial charge in [0.2, 0.25) is 17.7 Å². The first-order valence-electron chi connectivity index (χ1n) is 15.1. The van der Waals surface area contributed by atoms with Crippen LogP contribution in [0, 0.1) is 5.92 Å². The second-order valence-corrected chi connectivity index (χ2v) is 11.8. The Balaban J connectivity index is 1.54. The summed E-state index contributed by atoms with van der Waals surface area (Å²) in [5.74, 6) is -4.66. The summed E-state index contributed by atoms with van der Waals surface area (Å²) in [4.78, 5) is 69.5. The van der Waals surface area contributed by atoms with Gasteiger partial charge >= 0.3 is 11.9 Å². The Morgan fingerprint density at radius 1 is 0.717 bits per heavy atom. The molecule has 2 heterocycles. The van der Waals surface area contributed by atoms with Gasteiger partial charge in [0, 0.05) is 47.0 Å². The summed E-state index contributed by atoms with van der Waals surface area (Å²) in [6, 6.07) is 10.4. The van der Waals surface area contributed by atoms with E-state index in [9.17, 15) is 29.1 Å². The fraction of sp³-hybridized carbons (Fsp3) is 0.364. The number of H-pyrrole nitrogens is 2. The van der Waals surface area contributed by atoms with Gasteiger partial charge in [-0.1, -0.05) is 50.2 Å². The number of nitrogens with one attached hydrogen (secondary N) is 5. The molecule has 4 atom stereocenters. The predicted molar refractivity (Wildman–Crippen MR) is 172 cm³/mol. The predicted octanol–water partition coefficient (Wildman–Crippen LogP) is 2.21. The third-order valence-electron chi connectivity index (χ3n) is 7.79. The van der Waals surface area contributed by atoms with E-state index in [1.54, 1.807) is 12.4 Å². The van der Waals surface area contributed by atoms with Crippen LogP contribution in [0.1, 0.15) is 44.2 Å². The number of benzene rings is 2. The summed E-state index contributed by atoms with van der Waals surface area (Å²) in [5.41, 5.74) is 9.69. The number of aromatic nitrogens is 2. The molecule has 13 heteroatoms. The molecule has 4 unspecified atom stereocenters. The van der Waals surface area contributed by atoms with Crippen molar-refractivity contribution in [3.8, 4) is 0 Å². The molecule has 0 bridgehead atoms. The van der Waals surface area contributed by atoms with Crippen molar-refractivity contribution in [1.29, 1.82) is 0 Å². The number of aliphatic carboxylic acids is 2. The number of nitrogens with two attached hydrogens (primary N) is 1. The molecule has 0 fully saturated rings. The van der Waals surface area contributed by atoms with Crippen molar-refractivity contribution in [3.05, 3.63) is 72.1 Å². The number of hydrogen-bond acceptors (Lipinski definition) is 6. The van der Waals surface area contributed by atoms with Crippen LogP contribution < -0.4 is 21.7 Å². The number of aromatic amines is 2. The lowest BCUT2D eigenvalue weighted by Crippen LogP contribution is -2.58. The molecule has 13 nitrogen and oxygen atoms in total. The molecule has 9 N–H and O–H groups in total. The van der Waals surface area contributed by atoms with E-state index in [0.717, 1.165) is 32.9 Å². The first-order valence-corrected chi connectivity index (χ1v) is 15.1. The molecule has 3 amide bonds. The highest BCUT2D eigenvalue weighted by molar-refractivity contribution is 5.95.